The summed E-state index contributed by atoms with van der Waals surface area (Å²) in [5, 5.41) is 9.68. The van der Waals surface area contributed by atoms with Crippen LogP contribution < -0.4 is 4.74 Å². The molecule has 82 valence electrons. The topological polar surface area (TPSA) is 29.5 Å². The predicted molar refractivity (Wildman–Crippen MR) is 64.1 cm³/mol. The van der Waals surface area contributed by atoms with Crippen molar-refractivity contribution < 1.29 is 9.84 Å². The number of para-hydroxylation sites is 1. The van der Waals surface area contributed by atoms with Crippen LogP contribution in [0.2, 0.25) is 0 Å². The van der Waals surface area contributed by atoms with Crippen molar-refractivity contribution >= 4 is 0 Å². The Hall–Kier alpha value is -1.96. The van der Waals surface area contributed by atoms with Gasteiger partial charge in [-0.25, -0.2) is 0 Å². The molecule has 0 spiro atoms. The predicted octanol–water partition coefficient (Wildman–Crippen LogP) is 3.80. The summed E-state index contributed by atoms with van der Waals surface area (Å²) in [5.41, 5.74) is 1.91. The van der Waals surface area contributed by atoms with Gasteiger partial charge in [0.1, 0.15) is 17.2 Å². The van der Waals surface area contributed by atoms with Gasteiger partial charge in [0.15, 0.2) is 0 Å². The van der Waals surface area contributed by atoms with E-state index in [9.17, 15) is 5.11 Å². The third kappa shape index (κ3) is 2.16. The highest BCUT2D eigenvalue weighted by atomic mass is 16.5. The summed E-state index contributed by atoms with van der Waals surface area (Å²) in [7, 11) is 0. The van der Waals surface area contributed by atoms with Crippen LogP contribution >= 0.6 is 0 Å². The molecule has 1 N–H and O–H groups in total. The lowest BCUT2D eigenvalue weighted by Gasteiger charge is -2.09. The highest BCUT2D eigenvalue weighted by Gasteiger charge is 2.04. The van der Waals surface area contributed by atoms with Gasteiger partial charge in [-0.15, -0.1) is 0 Å². The molecule has 0 aliphatic rings. The Bertz CT molecular complexity index is 466. The molecule has 2 rings (SSSR count). The molecule has 0 unspecified atom stereocenters. The molecule has 0 radical (unpaired) electrons. The maximum absolute atomic E-state index is 9.68. The molecule has 2 nitrogen and oxygen atoms in total. The summed E-state index contributed by atoms with van der Waals surface area (Å²) in [6.07, 6.45) is 0. The first-order valence-electron chi connectivity index (χ1n) is 5.20. The van der Waals surface area contributed by atoms with Crippen LogP contribution in [-0.4, -0.2) is 5.11 Å². The molecule has 2 aromatic rings. The normalized spacial score (nSPS) is 10.1. The van der Waals surface area contributed by atoms with Crippen LogP contribution in [0.15, 0.2) is 42.5 Å². The number of ether oxygens (including phenoxy) is 1. The molecule has 0 aliphatic carbocycles. The summed E-state index contributed by atoms with van der Waals surface area (Å²) in [6.45, 7) is 3.84. The number of phenols is 1. The van der Waals surface area contributed by atoms with Gasteiger partial charge in [0.05, 0.1) is 0 Å². The van der Waals surface area contributed by atoms with Crippen molar-refractivity contribution in [3.8, 4) is 17.2 Å². The van der Waals surface area contributed by atoms with E-state index in [0.717, 1.165) is 16.9 Å². The third-order valence-electron chi connectivity index (χ3n) is 2.59. The molecule has 0 fully saturated rings. The molecule has 0 saturated heterocycles. The number of aryl methyl sites for hydroxylation is 1. The third-order valence-corrected chi connectivity index (χ3v) is 2.59. The fraction of sp³-hybridized carbons (Fsp3) is 0.143. The van der Waals surface area contributed by atoms with Crippen LogP contribution in [0.25, 0.3) is 0 Å². The second-order valence-corrected chi connectivity index (χ2v) is 3.80. The quantitative estimate of drug-likeness (QED) is 0.823. The summed E-state index contributed by atoms with van der Waals surface area (Å²) in [5.74, 6) is 1.70. The summed E-state index contributed by atoms with van der Waals surface area (Å²) < 4.78 is 5.64. The van der Waals surface area contributed by atoms with E-state index in [0.29, 0.717) is 5.75 Å². The van der Waals surface area contributed by atoms with Crippen LogP contribution in [0.3, 0.4) is 0 Å². The number of rotatable bonds is 2. The van der Waals surface area contributed by atoms with E-state index in [2.05, 4.69) is 0 Å². The van der Waals surface area contributed by atoms with Gasteiger partial charge >= 0.3 is 0 Å². The van der Waals surface area contributed by atoms with Gasteiger partial charge in [-0.2, -0.15) is 0 Å². The van der Waals surface area contributed by atoms with Gasteiger partial charge < -0.3 is 9.84 Å². The fourth-order valence-corrected chi connectivity index (χ4v) is 1.49. The van der Waals surface area contributed by atoms with E-state index < -0.39 is 0 Å². The average molecular weight is 214 g/mol. The highest BCUT2D eigenvalue weighted by Crippen LogP contribution is 2.29. The zero-order chi connectivity index (χ0) is 11.5. The Morgan fingerprint density at radius 1 is 0.938 bits per heavy atom. The molecule has 0 saturated carbocycles. The Labute approximate surface area is 95.1 Å². The molecule has 0 atom stereocenters. The van der Waals surface area contributed by atoms with Gasteiger partial charge in [0.2, 0.25) is 0 Å². The minimum Gasteiger partial charge on any atom is -0.508 e. The zero-order valence-corrected chi connectivity index (χ0v) is 9.40. The van der Waals surface area contributed by atoms with Crippen molar-refractivity contribution in [2.75, 3.05) is 0 Å². The molecule has 0 bridgehead atoms. The van der Waals surface area contributed by atoms with Crippen molar-refractivity contribution in [3.05, 3.63) is 53.6 Å². The van der Waals surface area contributed by atoms with E-state index in [1.807, 2.05) is 50.2 Å². The van der Waals surface area contributed by atoms with Crippen molar-refractivity contribution in [1.29, 1.82) is 0 Å². The minimum absolute atomic E-state index is 0.269. The Kier molecular flexibility index (Phi) is 2.82. The molecule has 0 amide bonds. The maximum Gasteiger partial charge on any atom is 0.131 e. The van der Waals surface area contributed by atoms with Crippen LogP contribution in [0, 0.1) is 13.8 Å². The van der Waals surface area contributed by atoms with Gasteiger partial charge in [-0.1, -0.05) is 18.2 Å². The maximum atomic E-state index is 9.68. The first-order valence-corrected chi connectivity index (χ1v) is 5.20. The number of hydrogen-bond donors (Lipinski definition) is 1. The van der Waals surface area contributed by atoms with Crippen LogP contribution in [0.1, 0.15) is 11.1 Å². The van der Waals surface area contributed by atoms with Gasteiger partial charge in [0.25, 0.3) is 0 Å². The van der Waals surface area contributed by atoms with E-state index >= 15 is 0 Å². The number of phenolic OH excluding ortho intramolecular Hbond substituents is 1. The Morgan fingerprint density at radius 3 is 2.25 bits per heavy atom. The first kappa shape index (κ1) is 10.6. The smallest absolute Gasteiger partial charge is 0.131 e. The lowest BCUT2D eigenvalue weighted by molar-refractivity contribution is 0.451. The van der Waals surface area contributed by atoms with Gasteiger partial charge in [0, 0.05) is 6.07 Å². The van der Waals surface area contributed by atoms with Gasteiger partial charge in [-0.3, -0.25) is 0 Å². The molecular formula is C14H14O2. The second kappa shape index (κ2) is 4.27. The second-order valence-electron chi connectivity index (χ2n) is 3.80. The standard InChI is InChI=1S/C14H14O2/c1-10-8-13(9-14(15)11(10)2)16-12-6-4-3-5-7-12/h3-9,15H,1-2H3. The summed E-state index contributed by atoms with van der Waals surface area (Å²) in [6, 6.07) is 13.1. The number of aromatic hydroxyl groups is 1. The monoisotopic (exact) mass is 214 g/mol. The lowest BCUT2D eigenvalue weighted by atomic mass is 10.1. The van der Waals surface area contributed by atoms with E-state index in [1.54, 1.807) is 6.07 Å². The molecular weight excluding hydrogens is 200 g/mol. The number of hydrogen-bond acceptors (Lipinski definition) is 2. The Morgan fingerprint density at radius 2 is 1.62 bits per heavy atom. The van der Waals surface area contributed by atoms with E-state index in [4.69, 9.17) is 4.74 Å². The van der Waals surface area contributed by atoms with Crippen LogP contribution in [-0.2, 0) is 0 Å². The van der Waals surface area contributed by atoms with Crippen LogP contribution in [0.5, 0.6) is 17.2 Å². The van der Waals surface area contributed by atoms with Gasteiger partial charge in [-0.05, 0) is 43.2 Å². The average Bonchev–Trinajstić information content (AvgIpc) is 2.27. The van der Waals surface area contributed by atoms with Crippen molar-refractivity contribution in [2.24, 2.45) is 0 Å². The first-order chi connectivity index (χ1) is 7.66. The molecule has 0 aromatic heterocycles. The van der Waals surface area contributed by atoms with Crippen molar-refractivity contribution in [1.82, 2.24) is 0 Å². The SMILES string of the molecule is Cc1cc(Oc2ccccc2)cc(O)c1C. The molecule has 2 heteroatoms. The molecule has 16 heavy (non-hydrogen) atoms. The number of benzene rings is 2. The molecule has 0 heterocycles. The van der Waals surface area contributed by atoms with E-state index in [1.165, 1.54) is 0 Å². The molecule has 2 aromatic carbocycles. The van der Waals surface area contributed by atoms with Crippen molar-refractivity contribution in [3.63, 3.8) is 0 Å². The summed E-state index contributed by atoms with van der Waals surface area (Å²) >= 11 is 0. The van der Waals surface area contributed by atoms with Crippen LogP contribution in [0.4, 0.5) is 0 Å². The van der Waals surface area contributed by atoms with Crippen molar-refractivity contribution in [2.45, 2.75) is 13.8 Å². The fourth-order valence-electron chi connectivity index (χ4n) is 1.49. The lowest BCUT2D eigenvalue weighted by Crippen LogP contribution is -1.87. The Balaban J connectivity index is 2.29. The molecule has 0 aliphatic heterocycles. The summed E-state index contributed by atoms with van der Waals surface area (Å²) in [4.78, 5) is 0. The van der Waals surface area contributed by atoms with E-state index in [-0.39, 0.29) is 5.75 Å². The highest BCUT2D eigenvalue weighted by molar-refractivity contribution is 5.45. The minimum atomic E-state index is 0.269. The largest absolute Gasteiger partial charge is 0.508 e. The zero-order valence-electron chi connectivity index (χ0n) is 9.40.